The van der Waals surface area contributed by atoms with Gasteiger partial charge in [-0.2, -0.15) is 0 Å². The van der Waals surface area contributed by atoms with Crippen LogP contribution < -0.4 is 0 Å². The first-order valence-corrected chi connectivity index (χ1v) is 13.7. The number of hydrogen-bond donors (Lipinski definition) is 1. The summed E-state index contributed by atoms with van der Waals surface area (Å²) in [5.41, 5.74) is -3.12. The average Bonchev–Trinajstić information content (AvgIpc) is 3.46. The number of fused-ring (bicyclic) bond motifs is 2. The standard InChI is InChI=1S/C30H42O10/c1-10-17(4)24(31)36-19(6)29(8,35)26(33)37-20-14-16(3)12-13-22-28(7,39-22)15-21-23(20)30(9,27(34)38-21)40-25(32)18(5)11-2/h10-11,14,19-23,35H,12-13,15H2,1-9H3/b16-14+,17-10-,18-11-/t19-,20-,21-,22-,23-,28+,29+,30-/m1/s1. The summed E-state index contributed by atoms with van der Waals surface area (Å²) in [5, 5.41) is 11.1. The number of ether oxygens (including phenoxy) is 5. The van der Waals surface area contributed by atoms with Crippen LogP contribution in [0.5, 0.6) is 0 Å². The molecule has 2 fully saturated rings. The van der Waals surface area contributed by atoms with Gasteiger partial charge in [0.05, 0.1) is 17.6 Å². The summed E-state index contributed by atoms with van der Waals surface area (Å²) in [6.07, 6.45) is 3.27. The highest BCUT2D eigenvalue weighted by atomic mass is 16.6. The van der Waals surface area contributed by atoms with E-state index in [2.05, 4.69) is 0 Å². The quantitative estimate of drug-likeness (QED) is 0.161. The van der Waals surface area contributed by atoms with Crippen molar-refractivity contribution in [2.24, 2.45) is 5.92 Å². The minimum absolute atomic E-state index is 0.0223. The molecule has 1 aliphatic carbocycles. The Morgan fingerprint density at radius 3 is 2.35 bits per heavy atom. The summed E-state index contributed by atoms with van der Waals surface area (Å²) in [6, 6.07) is 0. The van der Waals surface area contributed by atoms with E-state index in [9.17, 15) is 24.3 Å². The second-order valence-corrected chi connectivity index (χ2v) is 11.6. The molecule has 40 heavy (non-hydrogen) atoms. The van der Waals surface area contributed by atoms with E-state index >= 15 is 0 Å². The summed E-state index contributed by atoms with van der Waals surface area (Å²) in [6.45, 7) is 14.3. The van der Waals surface area contributed by atoms with Crippen LogP contribution in [0.15, 0.2) is 34.9 Å². The fourth-order valence-corrected chi connectivity index (χ4v) is 5.08. The number of carbonyl (C=O) groups is 4. The van der Waals surface area contributed by atoms with Crippen LogP contribution in [0.2, 0.25) is 0 Å². The third-order valence-electron chi connectivity index (χ3n) is 8.49. The second kappa shape index (κ2) is 11.5. The molecular formula is C30H42O10. The molecule has 0 saturated carbocycles. The van der Waals surface area contributed by atoms with Gasteiger partial charge in [0.2, 0.25) is 5.60 Å². The molecule has 3 rings (SSSR count). The Kier molecular flexibility index (Phi) is 9.06. The van der Waals surface area contributed by atoms with Crippen molar-refractivity contribution in [2.75, 3.05) is 0 Å². The van der Waals surface area contributed by atoms with E-state index in [1.165, 1.54) is 20.8 Å². The lowest BCUT2D eigenvalue weighted by Gasteiger charge is -2.36. The third kappa shape index (κ3) is 6.17. The molecule has 10 heteroatoms. The monoisotopic (exact) mass is 562 g/mol. The van der Waals surface area contributed by atoms with Gasteiger partial charge in [-0.3, -0.25) is 0 Å². The van der Waals surface area contributed by atoms with E-state index in [0.717, 1.165) is 12.0 Å². The molecule has 0 spiro atoms. The Bertz CT molecular complexity index is 1150. The predicted molar refractivity (Wildman–Crippen MR) is 144 cm³/mol. The van der Waals surface area contributed by atoms with E-state index in [1.54, 1.807) is 45.9 Å². The lowest BCUT2D eigenvalue weighted by molar-refractivity contribution is -0.190. The maximum absolute atomic E-state index is 13.5. The number of rotatable bonds is 7. The SMILES string of the molecule is C/C=C(/C)C(=O)O[C@H](C)[C@](C)(O)C(=O)O[C@@H]1/C=C(\C)CC[C@H]2O[C@@]2(C)C[C@H]2OC(=O)[C@](C)(OC(=O)/C(C)=C\C)[C@H]12. The van der Waals surface area contributed by atoms with Gasteiger partial charge in [-0.05, 0) is 81.2 Å². The van der Waals surface area contributed by atoms with Gasteiger partial charge < -0.3 is 28.8 Å². The highest BCUT2D eigenvalue weighted by Crippen LogP contribution is 2.50. The number of carbonyl (C=O) groups excluding carboxylic acids is 4. The second-order valence-electron chi connectivity index (χ2n) is 11.6. The molecule has 0 amide bonds. The maximum atomic E-state index is 13.5. The smallest absolute Gasteiger partial charge is 0.351 e. The third-order valence-corrected chi connectivity index (χ3v) is 8.49. The molecule has 2 aliphatic heterocycles. The molecule has 0 aromatic carbocycles. The first kappa shape index (κ1) is 31.5. The Labute approximate surface area is 235 Å². The number of epoxide rings is 1. The van der Waals surface area contributed by atoms with Crippen molar-refractivity contribution in [1.29, 1.82) is 0 Å². The minimum atomic E-state index is -2.23. The summed E-state index contributed by atoms with van der Waals surface area (Å²) in [4.78, 5) is 51.9. The van der Waals surface area contributed by atoms with Crippen LogP contribution in [0, 0.1) is 5.92 Å². The van der Waals surface area contributed by atoms with Gasteiger partial charge in [0.25, 0.3) is 0 Å². The van der Waals surface area contributed by atoms with Gasteiger partial charge in [0.1, 0.15) is 18.3 Å². The Morgan fingerprint density at radius 1 is 1.15 bits per heavy atom. The zero-order chi connectivity index (χ0) is 30.2. The summed E-state index contributed by atoms with van der Waals surface area (Å²) < 4.78 is 28.7. The largest absolute Gasteiger partial charge is 0.459 e. The Morgan fingerprint density at radius 2 is 1.75 bits per heavy atom. The van der Waals surface area contributed by atoms with Crippen molar-refractivity contribution in [3.05, 3.63) is 34.9 Å². The lowest BCUT2D eigenvalue weighted by Crippen LogP contribution is -2.54. The molecule has 2 heterocycles. The van der Waals surface area contributed by atoms with Crippen molar-refractivity contribution in [2.45, 2.75) is 123 Å². The average molecular weight is 563 g/mol. The van der Waals surface area contributed by atoms with Gasteiger partial charge in [-0.25, -0.2) is 19.2 Å². The van der Waals surface area contributed by atoms with Crippen molar-refractivity contribution >= 4 is 23.9 Å². The molecule has 0 radical (unpaired) electrons. The van der Waals surface area contributed by atoms with Crippen molar-refractivity contribution in [1.82, 2.24) is 0 Å². The summed E-state index contributed by atoms with van der Waals surface area (Å²) >= 11 is 0. The normalized spacial score (nSPS) is 36.0. The topological polar surface area (TPSA) is 138 Å². The van der Waals surface area contributed by atoms with Crippen molar-refractivity contribution < 1.29 is 48.0 Å². The molecule has 2 saturated heterocycles. The van der Waals surface area contributed by atoms with E-state index in [4.69, 9.17) is 23.7 Å². The van der Waals surface area contributed by atoms with Gasteiger partial charge >= 0.3 is 23.9 Å². The molecular weight excluding hydrogens is 520 g/mol. The van der Waals surface area contributed by atoms with Crippen LogP contribution in [-0.4, -0.2) is 70.2 Å². The Balaban J connectivity index is 2.01. The zero-order valence-electron chi connectivity index (χ0n) is 24.9. The Hall–Kier alpha value is -2.98. The van der Waals surface area contributed by atoms with E-state index in [0.29, 0.717) is 24.0 Å². The molecule has 10 nitrogen and oxygen atoms in total. The van der Waals surface area contributed by atoms with Gasteiger partial charge in [-0.15, -0.1) is 0 Å². The fourth-order valence-electron chi connectivity index (χ4n) is 5.08. The van der Waals surface area contributed by atoms with Crippen LogP contribution in [0.1, 0.15) is 81.6 Å². The van der Waals surface area contributed by atoms with E-state index < -0.39 is 64.9 Å². The van der Waals surface area contributed by atoms with Gasteiger partial charge in [0.15, 0.2) is 5.60 Å². The first-order valence-electron chi connectivity index (χ1n) is 13.7. The lowest BCUT2D eigenvalue weighted by atomic mass is 9.77. The van der Waals surface area contributed by atoms with Crippen LogP contribution in [0.25, 0.3) is 0 Å². The van der Waals surface area contributed by atoms with Gasteiger partial charge in [-0.1, -0.05) is 17.7 Å². The van der Waals surface area contributed by atoms with Gasteiger partial charge in [0, 0.05) is 17.6 Å². The molecule has 3 aliphatic rings. The summed E-state index contributed by atoms with van der Waals surface area (Å²) in [7, 11) is 0. The van der Waals surface area contributed by atoms with Crippen molar-refractivity contribution in [3.63, 3.8) is 0 Å². The number of hydrogen-bond acceptors (Lipinski definition) is 10. The van der Waals surface area contributed by atoms with Crippen LogP contribution in [-0.2, 0) is 42.9 Å². The molecule has 0 unspecified atom stereocenters. The minimum Gasteiger partial charge on any atom is -0.459 e. The van der Waals surface area contributed by atoms with Crippen LogP contribution in [0.4, 0.5) is 0 Å². The zero-order valence-corrected chi connectivity index (χ0v) is 24.9. The highest BCUT2D eigenvalue weighted by molar-refractivity contribution is 5.92. The molecule has 1 N–H and O–H groups in total. The van der Waals surface area contributed by atoms with E-state index in [1.807, 2.05) is 13.8 Å². The predicted octanol–water partition coefficient (Wildman–Crippen LogP) is 3.64. The van der Waals surface area contributed by atoms with Crippen LogP contribution >= 0.6 is 0 Å². The highest BCUT2D eigenvalue weighted by Gasteiger charge is 2.65. The molecule has 0 aromatic heterocycles. The number of allylic oxidation sites excluding steroid dienone is 3. The van der Waals surface area contributed by atoms with Crippen molar-refractivity contribution in [3.8, 4) is 0 Å². The number of aliphatic hydroxyl groups is 1. The summed E-state index contributed by atoms with van der Waals surface area (Å²) in [5.74, 6) is -4.17. The maximum Gasteiger partial charge on any atom is 0.351 e. The first-order chi connectivity index (χ1) is 18.5. The fraction of sp³-hybridized carbons (Fsp3) is 0.667. The van der Waals surface area contributed by atoms with Crippen LogP contribution in [0.3, 0.4) is 0 Å². The van der Waals surface area contributed by atoms with E-state index in [-0.39, 0.29) is 6.10 Å². The molecule has 0 bridgehead atoms. The molecule has 8 atom stereocenters. The molecule has 0 aromatic rings. The number of esters is 4. The molecule has 222 valence electrons.